The third-order valence-corrected chi connectivity index (χ3v) is 5.41. The van der Waals surface area contributed by atoms with Crippen molar-refractivity contribution in [1.29, 1.82) is 5.41 Å². The number of aromatic nitrogens is 2. The van der Waals surface area contributed by atoms with Crippen LogP contribution in [0.3, 0.4) is 0 Å². The highest BCUT2D eigenvalue weighted by molar-refractivity contribution is 6.14. The molecule has 0 aliphatic carbocycles. The van der Waals surface area contributed by atoms with Gasteiger partial charge in [-0.05, 0) is 38.0 Å². The molecule has 0 amide bonds. The number of nitrogen functional groups attached to an aromatic ring is 1. The lowest BCUT2D eigenvalue weighted by Gasteiger charge is -2.28. The fourth-order valence-electron chi connectivity index (χ4n) is 3.80. The highest BCUT2D eigenvalue weighted by Crippen LogP contribution is 2.27. The van der Waals surface area contributed by atoms with Gasteiger partial charge in [-0.2, -0.15) is 0 Å². The maximum Gasteiger partial charge on any atom is 0.129 e. The number of nitrogens with one attached hydrogen (secondary N) is 1. The summed E-state index contributed by atoms with van der Waals surface area (Å²) in [4.78, 5) is 13.5. The molecule has 0 saturated carbocycles. The van der Waals surface area contributed by atoms with E-state index in [-0.39, 0.29) is 1.43 Å². The number of anilines is 3. The Bertz CT molecular complexity index is 839. The molecule has 1 atom stereocenters. The summed E-state index contributed by atoms with van der Waals surface area (Å²) >= 11 is 0. The van der Waals surface area contributed by atoms with Gasteiger partial charge < -0.3 is 20.3 Å². The van der Waals surface area contributed by atoms with Gasteiger partial charge >= 0.3 is 0 Å². The van der Waals surface area contributed by atoms with Crippen LogP contribution in [-0.2, 0) is 4.74 Å². The number of rotatable bonds is 4. The summed E-state index contributed by atoms with van der Waals surface area (Å²) in [6.07, 6.45) is 5.78. The SMILES string of the molecule is CC1CCCN1c1cc(C(=N)c2ccnc(N3CCOCC3)c2)c(N)cn1.[HH]. The molecule has 0 aromatic carbocycles. The Morgan fingerprint density at radius 2 is 2.04 bits per heavy atom. The lowest BCUT2D eigenvalue weighted by Crippen LogP contribution is -2.36. The molecular weight excluding hydrogens is 340 g/mol. The van der Waals surface area contributed by atoms with E-state index >= 15 is 0 Å². The van der Waals surface area contributed by atoms with Crippen LogP contribution in [0.2, 0.25) is 0 Å². The van der Waals surface area contributed by atoms with Crippen LogP contribution in [0.25, 0.3) is 0 Å². The second-order valence-electron chi connectivity index (χ2n) is 7.19. The van der Waals surface area contributed by atoms with Gasteiger partial charge in [0.05, 0.1) is 30.8 Å². The first-order valence-corrected chi connectivity index (χ1v) is 9.53. The van der Waals surface area contributed by atoms with Gasteiger partial charge in [0, 0.05) is 44.4 Å². The van der Waals surface area contributed by atoms with Crippen LogP contribution in [0.4, 0.5) is 17.3 Å². The molecule has 144 valence electrons. The zero-order valence-electron chi connectivity index (χ0n) is 15.7. The van der Waals surface area contributed by atoms with Gasteiger partial charge in [0.25, 0.3) is 0 Å². The molecule has 0 spiro atoms. The molecule has 3 N–H and O–H groups in total. The van der Waals surface area contributed by atoms with E-state index in [4.69, 9.17) is 15.9 Å². The minimum Gasteiger partial charge on any atom is -0.397 e. The number of ether oxygens (including phenoxy) is 1. The zero-order chi connectivity index (χ0) is 18.8. The van der Waals surface area contributed by atoms with Gasteiger partial charge in [0.15, 0.2) is 0 Å². The Labute approximate surface area is 161 Å². The summed E-state index contributed by atoms with van der Waals surface area (Å²) in [5.41, 5.74) is 8.64. The Morgan fingerprint density at radius 3 is 2.78 bits per heavy atom. The van der Waals surface area contributed by atoms with Gasteiger partial charge in [0.1, 0.15) is 11.6 Å². The summed E-state index contributed by atoms with van der Waals surface area (Å²) in [5.74, 6) is 1.78. The molecule has 4 rings (SSSR count). The van der Waals surface area contributed by atoms with Gasteiger partial charge in [0.2, 0.25) is 0 Å². The molecule has 0 bridgehead atoms. The number of nitrogens with zero attached hydrogens (tertiary/aromatic N) is 4. The van der Waals surface area contributed by atoms with Crippen LogP contribution >= 0.6 is 0 Å². The van der Waals surface area contributed by atoms with Crippen LogP contribution in [0.1, 0.15) is 32.3 Å². The first-order valence-electron chi connectivity index (χ1n) is 9.53. The molecule has 2 aliphatic heterocycles. The smallest absolute Gasteiger partial charge is 0.129 e. The van der Waals surface area contributed by atoms with Crippen molar-refractivity contribution in [3.05, 3.63) is 41.7 Å². The molecule has 2 saturated heterocycles. The van der Waals surface area contributed by atoms with Gasteiger partial charge in [-0.3, -0.25) is 5.41 Å². The monoisotopic (exact) mass is 368 g/mol. The van der Waals surface area contributed by atoms with Gasteiger partial charge in [-0.1, -0.05) is 0 Å². The van der Waals surface area contributed by atoms with Crippen molar-refractivity contribution in [1.82, 2.24) is 9.97 Å². The normalized spacial score (nSPS) is 20.1. The maximum absolute atomic E-state index is 8.74. The van der Waals surface area contributed by atoms with Crippen LogP contribution in [0, 0.1) is 5.41 Å². The van der Waals surface area contributed by atoms with E-state index in [9.17, 15) is 0 Å². The van der Waals surface area contributed by atoms with E-state index in [0.29, 0.717) is 30.7 Å². The van der Waals surface area contributed by atoms with Crippen molar-refractivity contribution in [2.45, 2.75) is 25.8 Å². The summed E-state index contributed by atoms with van der Waals surface area (Å²) in [6, 6.07) is 6.25. The Morgan fingerprint density at radius 1 is 1.22 bits per heavy atom. The first kappa shape index (κ1) is 17.7. The molecule has 2 fully saturated rings. The fraction of sp³-hybridized carbons (Fsp3) is 0.450. The topological polar surface area (TPSA) is 91.4 Å². The van der Waals surface area contributed by atoms with Crippen molar-refractivity contribution < 1.29 is 6.16 Å². The van der Waals surface area contributed by atoms with Gasteiger partial charge in [-0.25, -0.2) is 9.97 Å². The fourth-order valence-corrected chi connectivity index (χ4v) is 3.80. The molecule has 2 aliphatic rings. The molecule has 7 nitrogen and oxygen atoms in total. The van der Waals surface area contributed by atoms with Crippen LogP contribution in [0.15, 0.2) is 30.6 Å². The second-order valence-corrected chi connectivity index (χ2v) is 7.19. The summed E-state index contributed by atoms with van der Waals surface area (Å²) < 4.78 is 5.41. The number of hydrogen-bond acceptors (Lipinski definition) is 7. The quantitative estimate of drug-likeness (QED) is 0.806. The minimum atomic E-state index is 0. The number of nitrogens with two attached hydrogens (primary N) is 1. The molecule has 1 unspecified atom stereocenters. The highest BCUT2D eigenvalue weighted by Gasteiger charge is 2.23. The van der Waals surface area contributed by atoms with E-state index in [1.165, 1.54) is 12.8 Å². The van der Waals surface area contributed by atoms with E-state index in [0.717, 1.165) is 42.4 Å². The molecule has 0 radical (unpaired) electrons. The van der Waals surface area contributed by atoms with Crippen LogP contribution in [0.5, 0.6) is 0 Å². The summed E-state index contributed by atoms with van der Waals surface area (Å²) in [7, 11) is 0. The molecule has 4 heterocycles. The van der Waals surface area contributed by atoms with Crippen LogP contribution in [-0.4, -0.2) is 54.6 Å². The standard InChI is InChI=1S/C20H26N6O.H2/c1-14-3-2-6-26(14)19-12-16(17(21)13-24-19)20(22)15-4-5-23-18(11-15)25-7-9-27-10-8-25;/h4-5,11-14,22H,2-3,6-10,21H2,1H3;1H. The molecule has 2 aromatic heterocycles. The minimum absolute atomic E-state index is 0. The molecular formula is C20H28N6O. The van der Waals surface area contributed by atoms with Crippen molar-refractivity contribution in [2.24, 2.45) is 0 Å². The second kappa shape index (κ2) is 7.52. The summed E-state index contributed by atoms with van der Waals surface area (Å²) in [6.45, 7) is 6.27. The lowest BCUT2D eigenvalue weighted by molar-refractivity contribution is 0.122. The lowest BCUT2D eigenvalue weighted by atomic mass is 10.0. The molecule has 27 heavy (non-hydrogen) atoms. The van der Waals surface area contributed by atoms with E-state index < -0.39 is 0 Å². The maximum atomic E-state index is 8.74. The molecule has 7 heteroatoms. The summed E-state index contributed by atoms with van der Waals surface area (Å²) in [5, 5.41) is 8.74. The van der Waals surface area contributed by atoms with Crippen molar-refractivity contribution in [3.8, 4) is 0 Å². The Kier molecular flexibility index (Phi) is 4.94. The predicted molar refractivity (Wildman–Crippen MR) is 110 cm³/mol. The number of morpholine rings is 1. The van der Waals surface area contributed by atoms with E-state index in [2.05, 4.69) is 26.7 Å². The van der Waals surface area contributed by atoms with Crippen molar-refractivity contribution >= 4 is 23.0 Å². The zero-order valence-corrected chi connectivity index (χ0v) is 15.7. The largest absolute Gasteiger partial charge is 0.397 e. The third-order valence-electron chi connectivity index (χ3n) is 5.41. The van der Waals surface area contributed by atoms with Gasteiger partial charge in [-0.15, -0.1) is 0 Å². The average molecular weight is 368 g/mol. The Balaban J connectivity index is 0.00000225. The first-order chi connectivity index (χ1) is 13.1. The molecule has 2 aromatic rings. The van der Waals surface area contributed by atoms with Crippen molar-refractivity contribution in [3.63, 3.8) is 0 Å². The van der Waals surface area contributed by atoms with Crippen LogP contribution < -0.4 is 15.5 Å². The van der Waals surface area contributed by atoms with E-state index in [1.54, 1.807) is 12.4 Å². The Hall–Kier alpha value is -2.67. The highest BCUT2D eigenvalue weighted by atomic mass is 16.5. The number of pyridine rings is 2. The van der Waals surface area contributed by atoms with E-state index in [1.807, 2.05) is 18.2 Å². The predicted octanol–water partition coefficient (Wildman–Crippen LogP) is 2.55. The average Bonchev–Trinajstić information content (AvgIpc) is 3.14. The number of hydrogen-bond donors (Lipinski definition) is 2. The third kappa shape index (κ3) is 3.60. The van der Waals surface area contributed by atoms with Crippen molar-refractivity contribution in [2.75, 3.05) is 48.4 Å².